The molecule has 0 saturated heterocycles. The monoisotopic (exact) mass is 1760 g/mol. The molecule has 0 N–H and O–H groups in total. The summed E-state index contributed by atoms with van der Waals surface area (Å²) < 4.78 is 7.09. The van der Waals surface area contributed by atoms with Gasteiger partial charge in [-0.1, -0.05) is 382 Å². The first-order valence-electron chi connectivity index (χ1n) is 46.9. The Morgan fingerprint density at radius 2 is 0.500 bits per heavy atom. The van der Waals surface area contributed by atoms with Gasteiger partial charge in [0.2, 0.25) is 5.95 Å². The van der Waals surface area contributed by atoms with Crippen LogP contribution in [0.3, 0.4) is 0 Å². The molecular weight excluding hydrogens is 1680 g/mol. The van der Waals surface area contributed by atoms with Gasteiger partial charge in [0.05, 0.1) is 33.4 Å². The van der Waals surface area contributed by atoms with E-state index in [0.717, 1.165) is 94.3 Å². The summed E-state index contributed by atoms with van der Waals surface area (Å²) in [4.78, 5) is 40.4. The number of hydrogen-bond donors (Lipinski definition) is 0. The maximum Gasteiger partial charge on any atom is 0.235 e. The highest BCUT2D eigenvalue weighted by Crippen LogP contribution is 2.55. The van der Waals surface area contributed by atoms with E-state index in [4.69, 9.17) is 39.9 Å². The molecule has 28 rings (SSSR count). The molecule has 11 nitrogen and oxygen atoms in total. The Kier molecular flexibility index (Phi) is 19.3. The lowest BCUT2D eigenvalue weighted by Gasteiger charge is -2.17. The van der Waals surface area contributed by atoms with E-state index in [1.807, 2.05) is 103 Å². The Hall–Kier alpha value is -18.3. The van der Waals surface area contributed by atoms with E-state index in [-0.39, 0.29) is 0 Å². The number of hydrogen-bond acceptors (Lipinski definition) is 8. The van der Waals surface area contributed by atoms with Gasteiger partial charge >= 0.3 is 0 Å². The minimum Gasteiger partial charge on any atom is -0.313 e. The lowest BCUT2D eigenvalue weighted by Crippen LogP contribution is -2.05. The van der Waals surface area contributed by atoms with Crippen LogP contribution in [0.4, 0.5) is 0 Å². The molecule has 0 fully saturated rings. The standard InChI is InChI=1S/2C46H30N4.C35H23N3/c1-29-42-37-24-13-11-20-33(37)32-19-8-9-21-34(32)38-25-14-26-41(43(38)42)50(29)40-28-27-39(35-22-10-12-23-36(35)40)46-48-44(30-15-4-2-5-16-30)47-45(49-46)31-17-6-3-7-18-31;1-29-42-39-19-10-9-17-37(39)36-16-7-8-18-38(36)40-20-11-21-41(43(40)42)50(29)35-26-24-32(25-27-35)45-47-44(31-13-3-2-4-14-31)48-46(49-45)34-23-22-30-12-5-6-15-33(30)28-34;1-22-32-27-17-8-7-15-25(27)24-14-5-6-16-26(24)28-19-11-21-31(33(28)32)38(22)35-36-30-20-10-9-18-29(30)34(37-35)23-12-3-2-4-13-23/h2*2-28H,1H3;2-21H,1H3. The first-order chi connectivity index (χ1) is 68.2. The van der Waals surface area contributed by atoms with Gasteiger partial charge in [0, 0.05) is 105 Å². The molecule has 0 spiro atoms. The second kappa shape index (κ2) is 33.1. The van der Waals surface area contributed by atoms with Gasteiger partial charge < -0.3 is 9.13 Å². The molecule has 0 aliphatic heterocycles. The topological polar surface area (TPSA) is 118 Å². The van der Waals surface area contributed by atoms with Gasteiger partial charge in [-0.25, -0.2) is 39.9 Å². The van der Waals surface area contributed by atoms with Crippen molar-refractivity contribution in [1.82, 2.24) is 53.6 Å². The summed E-state index contributed by atoms with van der Waals surface area (Å²) in [6.45, 7) is 6.71. The minimum absolute atomic E-state index is 0.644. The van der Waals surface area contributed by atoms with Crippen LogP contribution in [0.2, 0.25) is 0 Å². The lowest BCUT2D eigenvalue weighted by molar-refractivity contribution is 0.947. The van der Waals surface area contributed by atoms with E-state index in [1.54, 1.807) is 0 Å². The zero-order valence-electron chi connectivity index (χ0n) is 75.6. The van der Waals surface area contributed by atoms with Crippen LogP contribution in [0, 0.1) is 20.8 Å². The van der Waals surface area contributed by atoms with Crippen molar-refractivity contribution in [3.8, 4) is 197 Å². The Morgan fingerprint density at radius 3 is 0.964 bits per heavy atom. The van der Waals surface area contributed by atoms with Crippen molar-refractivity contribution in [2.75, 3.05) is 0 Å². The van der Waals surface area contributed by atoms with E-state index < -0.39 is 0 Å². The van der Waals surface area contributed by atoms with Crippen LogP contribution in [-0.4, -0.2) is 53.6 Å². The van der Waals surface area contributed by atoms with Crippen molar-refractivity contribution in [3.05, 3.63) is 466 Å². The fourth-order valence-electron chi connectivity index (χ4n) is 21.6. The SMILES string of the molecule is Cc1c2c3c(cccc3n1-c1ccc(-c3nc(-c4ccccc4)nc(-c4ccc5ccccc5c4)n3)cc1)-c1ccccc1-c1ccccc1-2.Cc1c2c3c(cccc3n1-c1ccc(-c3nc(-c4ccccc4)nc(-c4ccccc4)n3)c3ccccc13)-c1ccccc1-c1ccccc1-2.Cc1c2c3c(cccc3n1-c1nc(-c3ccccc3)c3ccccc3n1)-c1ccccc1-c1ccccc1-2. The lowest BCUT2D eigenvalue weighted by atomic mass is 9.94. The summed E-state index contributed by atoms with van der Waals surface area (Å²) in [5, 5.41) is 9.44. The van der Waals surface area contributed by atoms with Gasteiger partial charge in [0.1, 0.15) is 0 Å². The highest BCUT2D eigenvalue weighted by Gasteiger charge is 2.33. The van der Waals surface area contributed by atoms with Gasteiger partial charge in [-0.2, -0.15) is 0 Å². The van der Waals surface area contributed by atoms with Crippen molar-refractivity contribution < 1.29 is 0 Å². The third-order valence-electron chi connectivity index (χ3n) is 27.8. The van der Waals surface area contributed by atoms with Crippen LogP contribution in [0.15, 0.2) is 449 Å². The van der Waals surface area contributed by atoms with Gasteiger partial charge in [0.15, 0.2) is 34.9 Å². The molecule has 11 heteroatoms. The van der Waals surface area contributed by atoms with Crippen molar-refractivity contribution in [2.45, 2.75) is 20.8 Å². The Bertz CT molecular complexity index is 9180. The van der Waals surface area contributed by atoms with Crippen molar-refractivity contribution in [2.24, 2.45) is 0 Å². The van der Waals surface area contributed by atoms with Crippen LogP contribution in [0.25, 0.3) is 262 Å². The normalized spacial score (nSPS) is 11.7. The van der Waals surface area contributed by atoms with Gasteiger partial charge in [-0.15, -0.1) is 0 Å². The first-order valence-corrected chi connectivity index (χ1v) is 46.9. The number of rotatable bonds is 10. The molecule has 6 aromatic heterocycles. The highest BCUT2D eigenvalue weighted by molar-refractivity contribution is 6.19. The van der Waals surface area contributed by atoms with Crippen LogP contribution in [0.5, 0.6) is 0 Å². The van der Waals surface area contributed by atoms with E-state index in [0.29, 0.717) is 40.9 Å². The predicted molar refractivity (Wildman–Crippen MR) is 567 cm³/mol. The molecule has 3 aliphatic rings. The van der Waals surface area contributed by atoms with E-state index in [1.165, 1.54) is 144 Å². The van der Waals surface area contributed by atoms with E-state index in [2.05, 4.69) is 380 Å². The smallest absolute Gasteiger partial charge is 0.235 e. The van der Waals surface area contributed by atoms with E-state index in [9.17, 15) is 0 Å². The van der Waals surface area contributed by atoms with Crippen molar-refractivity contribution in [1.29, 1.82) is 0 Å². The van der Waals surface area contributed by atoms with Gasteiger partial charge in [-0.3, -0.25) is 4.57 Å². The van der Waals surface area contributed by atoms with Crippen molar-refractivity contribution >= 4 is 65.2 Å². The quantitative estimate of drug-likeness (QED) is 0.133. The first kappa shape index (κ1) is 80.5. The molecular formula is C127H83N11. The number of nitrogens with zero attached hydrogens (tertiary/aromatic N) is 11. The largest absolute Gasteiger partial charge is 0.313 e. The molecule has 3 aliphatic carbocycles. The minimum atomic E-state index is 0.644. The number of para-hydroxylation sites is 1. The van der Waals surface area contributed by atoms with Crippen LogP contribution in [-0.2, 0) is 0 Å². The fourth-order valence-corrected chi connectivity index (χ4v) is 21.6. The molecule has 0 radical (unpaired) electrons. The second-order valence-corrected chi connectivity index (χ2v) is 35.5. The molecule has 138 heavy (non-hydrogen) atoms. The third-order valence-corrected chi connectivity index (χ3v) is 27.8. The van der Waals surface area contributed by atoms with Gasteiger partial charge in [-0.05, 0) is 187 Å². The molecule has 25 aromatic rings. The van der Waals surface area contributed by atoms with Gasteiger partial charge in [0.25, 0.3) is 0 Å². The molecule has 0 saturated carbocycles. The van der Waals surface area contributed by atoms with Crippen molar-refractivity contribution in [3.63, 3.8) is 0 Å². The van der Waals surface area contributed by atoms with Crippen LogP contribution >= 0.6 is 0 Å². The summed E-state index contributed by atoms with van der Waals surface area (Å²) >= 11 is 0. The average Bonchev–Trinajstić information content (AvgIpc) is 1.55. The Balaban J connectivity index is 0.000000108. The fraction of sp³-hybridized carbons (Fsp3) is 0.0236. The summed E-state index contributed by atoms with van der Waals surface area (Å²) in [6, 6.07) is 158. The molecule has 0 unspecified atom stereocenters. The average molecular weight is 1760 g/mol. The van der Waals surface area contributed by atoms with Crippen LogP contribution in [0.1, 0.15) is 17.1 Å². The summed E-state index contributed by atoms with van der Waals surface area (Å²) in [7, 11) is 0. The summed E-state index contributed by atoms with van der Waals surface area (Å²) in [6.07, 6.45) is 0. The number of benzene rings is 19. The Labute approximate surface area is 797 Å². The van der Waals surface area contributed by atoms with E-state index >= 15 is 0 Å². The maximum atomic E-state index is 5.23. The molecule has 0 bridgehead atoms. The maximum absolute atomic E-state index is 5.23. The third kappa shape index (κ3) is 13.3. The zero-order chi connectivity index (χ0) is 91.6. The number of aromatic nitrogens is 11. The molecule has 6 heterocycles. The highest BCUT2D eigenvalue weighted by atomic mass is 15.2. The predicted octanol–water partition coefficient (Wildman–Crippen LogP) is 32.0. The molecule has 0 amide bonds. The van der Waals surface area contributed by atoms with Crippen LogP contribution < -0.4 is 0 Å². The Morgan fingerprint density at radius 1 is 0.181 bits per heavy atom. The number of fused-ring (bicyclic) bond motifs is 18. The molecule has 0 atom stereocenters. The molecule has 19 aromatic carbocycles. The zero-order valence-corrected chi connectivity index (χ0v) is 75.6. The second-order valence-electron chi connectivity index (χ2n) is 35.5. The summed E-state index contributed by atoms with van der Waals surface area (Å²) in [5.74, 6) is 4.60. The molecule has 646 valence electrons. The summed E-state index contributed by atoms with van der Waals surface area (Å²) in [5.41, 5.74) is 40.8.